The third-order valence-corrected chi connectivity index (χ3v) is 6.74. The van der Waals surface area contributed by atoms with Crippen LogP contribution < -0.4 is 14.8 Å². The molecule has 5 nitrogen and oxygen atoms in total. The predicted octanol–water partition coefficient (Wildman–Crippen LogP) is 7.28. The number of rotatable bonds is 7. The Kier molecular flexibility index (Phi) is 7.98. The van der Waals surface area contributed by atoms with E-state index in [9.17, 15) is 4.79 Å². The van der Waals surface area contributed by atoms with Gasteiger partial charge in [0.25, 0.3) is 5.91 Å². The lowest BCUT2D eigenvalue weighted by molar-refractivity contribution is -0.115. The Labute approximate surface area is 216 Å². The van der Waals surface area contributed by atoms with E-state index >= 15 is 0 Å². The van der Waals surface area contributed by atoms with Crippen molar-refractivity contribution in [2.24, 2.45) is 4.99 Å². The van der Waals surface area contributed by atoms with Crippen molar-refractivity contribution >= 4 is 62.1 Å². The van der Waals surface area contributed by atoms with E-state index in [0.717, 1.165) is 22.4 Å². The molecular weight excluding hydrogens is 536 g/mol. The first-order valence-corrected chi connectivity index (χ1v) is 12.6. The molecule has 0 aromatic heterocycles. The minimum atomic E-state index is -0.191. The van der Waals surface area contributed by atoms with Gasteiger partial charge in [-0.1, -0.05) is 47.5 Å². The maximum Gasteiger partial charge on any atom is 0.264 e. The molecule has 174 valence electrons. The Morgan fingerprint density at radius 3 is 2.62 bits per heavy atom. The van der Waals surface area contributed by atoms with E-state index in [1.165, 1.54) is 11.8 Å². The van der Waals surface area contributed by atoms with Crippen molar-refractivity contribution < 1.29 is 14.3 Å². The number of amidine groups is 1. The van der Waals surface area contributed by atoms with Crippen LogP contribution in [0.2, 0.25) is 5.02 Å². The third kappa shape index (κ3) is 6.03. The lowest BCUT2D eigenvalue weighted by Crippen LogP contribution is -2.19. The van der Waals surface area contributed by atoms with Crippen molar-refractivity contribution in [3.8, 4) is 11.5 Å². The third-order valence-electron chi connectivity index (χ3n) is 4.87. The molecule has 4 rings (SSSR count). The lowest BCUT2D eigenvalue weighted by Gasteiger charge is -2.15. The molecule has 1 fully saturated rings. The van der Waals surface area contributed by atoms with Gasteiger partial charge in [-0.05, 0) is 83.5 Å². The number of thioether (sulfide) groups is 1. The van der Waals surface area contributed by atoms with Gasteiger partial charge in [-0.3, -0.25) is 4.79 Å². The van der Waals surface area contributed by atoms with E-state index in [1.54, 1.807) is 0 Å². The Bertz CT molecular complexity index is 1280. The van der Waals surface area contributed by atoms with Crippen molar-refractivity contribution in [2.75, 3.05) is 6.61 Å². The number of aliphatic imine (C=N–C) groups is 1. The summed E-state index contributed by atoms with van der Waals surface area (Å²) in [7, 11) is 0. The van der Waals surface area contributed by atoms with Crippen molar-refractivity contribution in [1.82, 2.24) is 5.32 Å². The molecule has 3 aromatic carbocycles. The molecule has 8 heteroatoms. The van der Waals surface area contributed by atoms with Crippen LogP contribution in [0.5, 0.6) is 11.5 Å². The van der Waals surface area contributed by atoms with Crippen LogP contribution in [0.15, 0.2) is 75.0 Å². The molecule has 1 heterocycles. The second-order valence-electron chi connectivity index (χ2n) is 7.46. The van der Waals surface area contributed by atoms with E-state index in [-0.39, 0.29) is 5.91 Å². The Morgan fingerprint density at radius 1 is 1.12 bits per heavy atom. The molecule has 0 spiro atoms. The van der Waals surface area contributed by atoms with Crippen LogP contribution in [0, 0.1) is 6.92 Å². The fourth-order valence-corrected chi connectivity index (χ4v) is 4.81. The second kappa shape index (κ2) is 11.1. The summed E-state index contributed by atoms with van der Waals surface area (Å²) in [6, 6.07) is 19.1. The number of hydrogen-bond acceptors (Lipinski definition) is 5. The van der Waals surface area contributed by atoms with Crippen LogP contribution in [0.3, 0.4) is 0 Å². The molecule has 0 bridgehead atoms. The number of halogens is 2. The number of carbonyl (C=O) groups is 1. The number of ether oxygens (including phenoxy) is 2. The van der Waals surface area contributed by atoms with E-state index in [0.29, 0.717) is 44.3 Å². The first kappa shape index (κ1) is 24.4. The summed E-state index contributed by atoms with van der Waals surface area (Å²) in [6.07, 6.45) is 1.81. The molecule has 0 unspecified atom stereocenters. The molecule has 3 aromatic rings. The average molecular weight is 558 g/mol. The maximum absolute atomic E-state index is 12.5. The van der Waals surface area contributed by atoms with Crippen LogP contribution >= 0.6 is 39.3 Å². The zero-order valence-corrected chi connectivity index (χ0v) is 21.8. The molecule has 0 atom stereocenters. The smallest absolute Gasteiger partial charge is 0.264 e. The van der Waals surface area contributed by atoms with E-state index in [2.05, 4.69) is 26.2 Å². The highest BCUT2D eigenvalue weighted by Gasteiger charge is 2.24. The minimum Gasteiger partial charge on any atom is -0.490 e. The van der Waals surface area contributed by atoms with E-state index in [4.69, 9.17) is 21.1 Å². The number of carbonyl (C=O) groups excluding carboxylic acids is 1. The van der Waals surface area contributed by atoms with Crippen molar-refractivity contribution in [3.63, 3.8) is 0 Å². The lowest BCUT2D eigenvalue weighted by atomic mass is 10.1. The highest BCUT2D eigenvalue weighted by atomic mass is 79.9. The highest BCUT2D eigenvalue weighted by Crippen LogP contribution is 2.39. The summed E-state index contributed by atoms with van der Waals surface area (Å²) in [6.45, 7) is 4.70. The van der Waals surface area contributed by atoms with Crippen LogP contribution in [0.4, 0.5) is 5.69 Å². The summed E-state index contributed by atoms with van der Waals surface area (Å²) in [5, 5.41) is 4.01. The standard InChI is InChI=1S/C26H22BrClN2O3S/c1-3-32-22-13-17(12-20(27)24(22)33-15-18-6-4-5-7-21(18)28)14-23-25(31)30-26(34-23)29-19-10-8-16(2)9-11-19/h4-14H,3,15H2,1-2H3,(H,29,30,31)/b23-14-. The minimum absolute atomic E-state index is 0.191. The Hall–Kier alpha value is -2.74. The summed E-state index contributed by atoms with van der Waals surface area (Å²) in [5.74, 6) is 0.964. The van der Waals surface area contributed by atoms with Crippen LogP contribution in [0.1, 0.15) is 23.6 Å². The molecule has 0 aliphatic carbocycles. The van der Waals surface area contributed by atoms with Gasteiger partial charge in [0.2, 0.25) is 0 Å². The van der Waals surface area contributed by atoms with Gasteiger partial charge in [0, 0.05) is 10.6 Å². The van der Waals surface area contributed by atoms with Crippen LogP contribution in [-0.2, 0) is 11.4 Å². The van der Waals surface area contributed by atoms with Gasteiger partial charge in [-0.25, -0.2) is 4.99 Å². The van der Waals surface area contributed by atoms with Gasteiger partial charge >= 0.3 is 0 Å². The number of nitrogens with zero attached hydrogens (tertiary/aromatic N) is 1. The zero-order valence-electron chi connectivity index (χ0n) is 18.6. The first-order chi connectivity index (χ1) is 16.4. The highest BCUT2D eigenvalue weighted by molar-refractivity contribution is 9.10. The summed E-state index contributed by atoms with van der Waals surface area (Å²) >= 11 is 11.1. The van der Waals surface area contributed by atoms with E-state index in [1.807, 2.05) is 80.6 Å². The molecule has 1 amide bonds. The number of amides is 1. The Balaban J connectivity index is 1.56. The summed E-state index contributed by atoms with van der Waals surface area (Å²) < 4.78 is 12.6. The van der Waals surface area contributed by atoms with Crippen LogP contribution in [0.25, 0.3) is 6.08 Å². The quantitative estimate of drug-likeness (QED) is 0.310. The molecule has 1 aliphatic heterocycles. The van der Waals surface area contributed by atoms with Crippen molar-refractivity contribution in [2.45, 2.75) is 20.5 Å². The van der Waals surface area contributed by atoms with Crippen LogP contribution in [-0.4, -0.2) is 17.7 Å². The monoisotopic (exact) mass is 556 g/mol. The molecule has 0 radical (unpaired) electrons. The Morgan fingerprint density at radius 2 is 1.88 bits per heavy atom. The molecule has 34 heavy (non-hydrogen) atoms. The van der Waals surface area contributed by atoms with Crippen molar-refractivity contribution in [1.29, 1.82) is 0 Å². The summed E-state index contributed by atoms with van der Waals surface area (Å²) in [5.41, 5.74) is 3.62. The predicted molar refractivity (Wildman–Crippen MR) is 143 cm³/mol. The van der Waals surface area contributed by atoms with Gasteiger partial charge in [0.05, 0.1) is 21.7 Å². The van der Waals surface area contributed by atoms with Gasteiger partial charge in [-0.15, -0.1) is 0 Å². The molecule has 1 aliphatic rings. The summed E-state index contributed by atoms with van der Waals surface area (Å²) in [4.78, 5) is 17.6. The second-order valence-corrected chi connectivity index (χ2v) is 9.75. The average Bonchev–Trinajstić information content (AvgIpc) is 3.14. The number of aryl methyl sites for hydroxylation is 1. The van der Waals surface area contributed by atoms with Gasteiger partial charge < -0.3 is 14.8 Å². The molecular formula is C26H22BrClN2O3S. The fourth-order valence-electron chi connectivity index (χ4n) is 3.21. The largest absolute Gasteiger partial charge is 0.490 e. The number of nitrogens with one attached hydrogen (secondary N) is 1. The van der Waals surface area contributed by atoms with E-state index < -0.39 is 0 Å². The first-order valence-electron chi connectivity index (χ1n) is 10.6. The molecule has 1 N–H and O–H groups in total. The molecule has 1 saturated heterocycles. The normalized spacial score (nSPS) is 15.6. The molecule has 0 saturated carbocycles. The van der Waals surface area contributed by atoms with Gasteiger partial charge in [0.1, 0.15) is 6.61 Å². The maximum atomic E-state index is 12.5. The van der Waals surface area contributed by atoms with Gasteiger partial charge in [0.15, 0.2) is 16.7 Å². The zero-order chi connectivity index (χ0) is 24.1. The SMILES string of the molecule is CCOc1cc(/C=C2\SC(=Nc3ccc(C)cc3)NC2=O)cc(Br)c1OCc1ccccc1Cl. The van der Waals surface area contributed by atoms with Crippen molar-refractivity contribution in [3.05, 3.63) is 91.8 Å². The number of benzene rings is 3. The number of hydrogen-bond donors (Lipinski definition) is 1. The van der Waals surface area contributed by atoms with Gasteiger partial charge in [-0.2, -0.15) is 0 Å². The topological polar surface area (TPSA) is 59.9 Å². The fraction of sp³-hybridized carbons (Fsp3) is 0.154.